The van der Waals surface area contributed by atoms with Crippen LogP contribution in [0.15, 0.2) is 108 Å². The molecule has 228 valence electrons. The monoisotopic (exact) mass is 601 g/mol. The van der Waals surface area contributed by atoms with Crippen molar-refractivity contribution in [2.24, 2.45) is 0 Å². The summed E-state index contributed by atoms with van der Waals surface area (Å²) < 4.78 is 5.61. The summed E-state index contributed by atoms with van der Waals surface area (Å²) in [7, 11) is 1.76. The molecule has 4 bridgehead atoms. The number of benzene rings is 3. The van der Waals surface area contributed by atoms with Gasteiger partial charge in [0, 0.05) is 54.4 Å². The Morgan fingerprint density at radius 3 is 2.64 bits per heavy atom. The number of pyridine rings is 1. The SMILES string of the molecule is C=C1C=CC=CN1c1ccc2cc1CN(C)C(=O)[C@H](Nc1ccc3cc[nH]c(=O)c3c1)c1ccc(c(C)c1)[C@@H](C)COC(=O)N2. The average molecular weight is 602 g/mol. The Bertz CT molecular complexity index is 1940. The Hall–Kier alpha value is -5.57. The molecule has 2 atom stereocenters. The first kappa shape index (κ1) is 29.5. The summed E-state index contributed by atoms with van der Waals surface area (Å²) in [5.74, 6) is -0.237. The molecule has 3 aromatic carbocycles. The lowest BCUT2D eigenvalue weighted by Gasteiger charge is -2.30. The number of allylic oxidation sites excluding steroid dienone is 3. The molecule has 0 spiro atoms. The van der Waals surface area contributed by atoms with Gasteiger partial charge in [0.2, 0.25) is 5.91 Å². The number of hydrogen-bond acceptors (Lipinski definition) is 6. The number of aromatic nitrogens is 1. The standard InChI is InChI=1S/C36H35N5O4/c1-22-17-26-9-12-30(22)23(2)21-45-36(44)39-28-11-13-32(41-16-6-5-7-24(41)3)27(18-28)20-40(4)35(43)33(26)38-29-10-8-25-14-15-37-34(42)31(25)19-29/h5-19,23,33,38H,3,20-21H2,1-2,4H3,(H,37,42)(H,39,44)/t23-,33+/m0/s1. The van der Waals surface area contributed by atoms with E-state index < -0.39 is 12.1 Å². The number of carbonyl (C=O) groups is 2. The number of nitrogens with zero attached hydrogens (tertiary/aromatic N) is 2. The molecule has 2 amide bonds. The molecule has 9 nitrogen and oxygen atoms in total. The molecule has 0 saturated carbocycles. The highest BCUT2D eigenvalue weighted by Gasteiger charge is 2.27. The van der Waals surface area contributed by atoms with Gasteiger partial charge in [0.05, 0.1) is 12.3 Å². The first-order valence-electron chi connectivity index (χ1n) is 14.8. The van der Waals surface area contributed by atoms with Crippen LogP contribution in [-0.2, 0) is 16.1 Å². The van der Waals surface area contributed by atoms with Crippen LogP contribution in [0.4, 0.5) is 21.9 Å². The van der Waals surface area contributed by atoms with Gasteiger partial charge in [0.25, 0.3) is 5.56 Å². The predicted molar refractivity (Wildman–Crippen MR) is 178 cm³/mol. The molecule has 0 fully saturated rings. The van der Waals surface area contributed by atoms with Crippen molar-refractivity contribution in [3.63, 3.8) is 0 Å². The topological polar surface area (TPSA) is 107 Å². The van der Waals surface area contributed by atoms with Gasteiger partial charge in [-0.1, -0.05) is 43.8 Å². The molecule has 3 N–H and O–H groups in total. The number of carbonyl (C=O) groups excluding carboxylic acids is 2. The van der Waals surface area contributed by atoms with Crippen LogP contribution >= 0.6 is 0 Å². The number of fused-ring (bicyclic) bond motifs is 10. The number of hydrogen-bond donors (Lipinski definition) is 3. The third kappa shape index (κ3) is 6.10. The quantitative estimate of drug-likeness (QED) is 0.241. The number of nitrogens with one attached hydrogen (secondary N) is 3. The minimum atomic E-state index is -0.749. The van der Waals surface area contributed by atoms with E-state index in [4.69, 9.17) is 4.74 Å². The summed E-state index contributed by atoms with van der Waals surface area (Å²) in [5.41, 5.74) is 6.17. The van der Waals surface area contributed by atoms with E-state index >= 15 is 0 Å². The van der Waals surface area contributed by atoms with E-state index in [2.05, 4.69) is 22.2 Å². The largest absolute Gasteiger partial charge is 0.449 e. The molecular formula is C36H35N5O4. The molecule has 0 unspecified atom stereocenters. The van der Waals surface area contributed by atoms with Crippen LogP contribution in [0, 0.1) is 6.92 Å². The summed E-state index contributed by atoms with van der Waals surface area (Å²) in [4.78, 5) is 46.0. The van der Waals surface area contributed by atoms with Crippen molar-refractivity contribution >= 4 is 39.8 Å². The molecule has 4 aromatic rings. The average Bonchev–Trinajstić information content (AvgIpc) is 3.02. The molecule has 9 heteroatoms. The van der Waals surface area contributed by atoms with Gasteiger partial charge in [-0.25, -0.2) is 4.79 Å². The van der Waals surface area contributed by atoms with E-state index in [0.717, 1.165) is 39.0 Å². The van der Waals surface area contributed by atoms with E-state index in [-0.39, 0.29) is 30.5 Å². The number of amides is 2. The summed E-state index contributed by atoms with van der Waals surface area (Å²) in [6, 6.07) is 18.1. The Labute approximate surface area is 261 Å². The number of aryl methyl sites for hydroxylation is 1. The second kappa shape index (κ2) is 12.2. The van der Waals surface area contributed by atoms with Crippen LogP contribution in [0.2, 0.25) is 0 Å². The summed E-state index contributed by atoms with van der Waals surface area (Å²) in [5, 5.41) is 7.61. The van der Waals surface area contributed by atoms with Crippen molar-refractivity contribution in [3.8, 4) is 0 Å². The fraction of sp³-hybridized carbons (Fsp3) is 0.194. The number of anilines is 3. The van der Waals surface area contributed by atoms with E-state index in [9.17, 15) is 14.4 Å². The molecule has 3 aliphatic heterocycles. The smallest absolute Gasteiger partial charge is 0.411 e. The Kier molecular flexibility index (Phi) is 8.00. The third-order valence-corrected chi connectivity index (χ3v) is 8.27. The zero-order valence-electron chi connectivity index (χ0n) is 25.5. The van der Waals surface area contributed by atoms with Gasteiger partial charge in [-0.05, 0) is 83.1 Å². The van der Waals surface area contributed by atoms with Crippen molar-refractivity contribution in [1.82, 2.24) is 9.88 Å². The van der Waals surface area contributed by atoms with Crippen LogP contribution in [0.3, 0.4) is 0 Å². The van der Waals surface area contributed by atoms with Gasteiger partial charge >= 0.3 is 6.09 Å². The molecule has 0 saturated heterocycles. The van der Waals surface area contributed by atoms with Crippen LogP contribution in [0.5, 0.6) is 0 Å². The molecule has 0 radical (unpaired) electrons. The zero-order valence-corrected chi connectivity index (χ0v) is 25.5. The predicted octanol–water partition coefficient (Wildman–Crippen LogP) is 6.72. The molecule has 0 aliphatic carbocycles. The van der Waals surface area contributed by atoms with Crippen molar-refractivity contribution in [2.45, 2.75) is 32.4 Å². The maximum Gasteiger partial charge on any atom is 0.411 e. The molecule has 7 rings (SSSR count). The van der Waals surface area contributed by atoms with Crippen molar-refractivity contribution in [1.29, 1.82) is 0 Å². The fourth-order valence-electron chi connectivity index (χ4n) is 5.90. The number of rotatable bonds is 3. The van der Waals surface area contributed by atoms with Crippen LogP contribution in [0.1, 0.15) is 41.1 Å². The highest BCUT2D eigenvalue weighted by molar-refractivity contribution is 5.89. The van der Waals surface area contributed by atoms with E-state index in [1.807, 2.05) is 97.8 Å². The van der Waals surface area contributed by atoms with Gasteiger partial charge in [-0.2, -0.15) is 0 Å². The molecule has 4 heterocycles. The maximum atomic E-state index is 14.4. The normalized spacial score (nSPS) is 18.7. The molecule has 3 aliphatic rings. The highest BCUT2D eigenvalue weighted by Crippen LogP contribution is 2.33. The second-order valence-corrected chi connectivity index (χ2v) is 11.5. The van der Waals surface area contributed by atoms with E-state index in [0.29, 0.717) is 16.8 Å². The number of likely N-dealkylation sites (N-methyl/N-ethyl adjacent to an activating group) is 1. The molecule has 1 aromatic heterocycles. The lowest BCUT2D eigenvalue weighted by Crippen LogP contribution is -2.35. The van der Waals surface area contributed by atoms with Crippen molar-refractivity contribution < 1.29 is 14.3 Å². The van der Waals surface area contributed by atoms with Gasteiger partial charge in [-0.15, -0.1) is 0 Å². The molecular weight excluding hydrogens is 566 g/mol. The first-order chi connectivity index (χ1) is 21.7. The lowest BCUT2D eigenvalue weighted by atomic mass is 9.93. The van der Waals surface area contributed by atoms with Crippen molar-refractivity contribution in [2.75, 3.05) is 29.2 Å². The minimum absolute atomic E-state index is 0.0717. The van der Waals surface area contributed by atoms with Gasteiger partial charge in [0.15, 0.2) is 0 Å². The van der Waals surface area contributed by atoms with Crippen LogP contribution < -0.4 is 21.1 Å². The maximum absolute atomic E-state index is 14.4. The fourth-order valence-corrected chi connectivity index (χ4v) is 5.90. The summed E-state index contributed by atoms with van der Waals surface area (Å²) in [6.07, 6.45) is 8.71. The van der Waals surface area contributed by atoms with Gasteiger partial charge < -0.3 is 24.8 Å². The first-order valence-corrected chi connectivity index (χ1v) is 14.8. The Morgan fingerprint density at radius 2 is 1.84 bits per heavy atom. The summed E-state index contributed by atoms with van der Waals surface area (Å²) in [6.45, 7) is 8.59. The van der Waals surface area contributed by atoms with Gasteiger partial charge in [0.1, 0.15) is 6.04 Å². The Morgan fingerprint density at radius 1 is 1.00 bits per heavy atom. The number of ether oxygens (including phenoxy) is 1. The molecule has 45 heavy (non-hydrogen) atoms. The second-order valence-electron chi connectivity index (χ2n) is 11.5. The third-order valence-electron chi connectivity index (χ3n) is 8.27. The number of aromatic amines is 1. The lowest BCUT2D eigenvalue weighted by molar-refractivity contribution is -0.131. The van der Waals surface area contributed by atoms with Gasteiger partial charge in [-0.3, -0.25) is 14.9 Å². The van der Waals surface area contributed by atoms with E-state index in [1.165, 1.54) is 0 Å². The zero-order chi connectivity index (χ0) is 31.7. The van der Waals surface area contributed by atoms with Crippen LogP contribution in [0.25, 0.3) is 10.8 Å². The Balaban J connectivity index is 1.43. The minimum Gasteiger partial charge on any atom is -0.449 e. The van der Waals surface area contributed by atoms with E-state index in [1.54, 1.807) is 24.2 Å². The highest BCUT2D eigenvalue weighted by atomic mass is 16.5. The van der Waals surface area contributed by atoms with Crippen molar-refractivity contribution in [3.05, 3.63) is 136 Å². The number of H-pyrrole nitrogens is 1. The summed E-state index contributed by atoms with van der Waals surface area (Å²) >= 11 is 0. The van der Waals surface area contributed by atoms with Crippen LogP contribution in [-0.4, -0.2) is 35.5 Å².